The minimum atomic E-state index is -0.355. The fourth-order valence-corrected chi connectivity index (χ4v) is 3.29. The minimum Gasteiger partial charge on any atom is -0.344 e. The van der Waals surface area contributed by atoms with Crippen molar-refractivity contribution in [2.24, 2.45) is 0 Å². The number of aryl methyl sites for hydroxylation is 1. The van der Waals surface area contributed by atoms with Crippen LogP contribution in [0.4, 0.5) is 0 Å². The van der Waals surface area contributed by atoms with Gasteiger partial charge in [-0.15, -0.1) is 0 Å². The first-order valence-electron chi connectivity index (χ1n) is 9.74. The lowest BCUT2D eigenvalue weighted by molar-refractivity contribution is -0.136. The summed E-state index contributed by atoms with van der Waals surface area (Å²) < 4.78 is 0. The van der Waals surface area contributed by atoms with Gasteiger partial charge >= 0.3 is 0 Å². The lowest BCUT2D eigenvalue weighted by Gasteiger charge is -2.25. The first kappa shape index (κ1) is 19.5. The Balaban J connectivity index is 1.89. The third-order valence-corrected chi connectivity index (χ3v) is 4.87. The molecule has 0 saturated carbocycles. The summed E-state index contributed by atoms with van der Waals surface area (Å²) in [7, 11) is 0. The van der Waals surface area contributed by atoms with Crippen LogP contribution in [0.25, 0.3) is 0 Å². The van der Waals surface area contributed by atoms with Crippen LogP contribution in [0, 0.1) is 6.92 Å². The van der Waals surface area contributed by atoms with Gasteiger partial charge in [0.05, 0.1) is 0 Å². The van der Waals surface area contributed by atoms with Gasteiger partial charge in [0.2, 0.25) is 11.8 Å². The molecule has 1 unspecified atom stereocenters. The van der Waals surface area contributed by atoms with E-state index in [1.54, 1.807) is 0 Å². The van der Waals surface area contributed by atoms with E-state index in [4.69, 9.17) is 0 Å². The van der Waals surface area contributed by atoms with Crippen LogP contribution in [-0.4, -0.2) is 29.3 Å². The number of nitrogens with one attached hydrogen (secondary N) is 1. The lowest BCUT2D eigenvalue weighted by Crippen LogP contribution is -2.47. The summed E-state index contributed by atoms with van der Waals surface area (Å²) in [6.07, 6.45) is 7.59. The van der Waals surface area contributed by atoms with Gasteiger partial charge in [-0.3, -0.25) is 9.59 Å². The number of amides is 2. The average Bonchev–Trinajstić information content (AvgIpc) is 2.77. The highest BCUT2D eigenvalue weighted by Crippen LogP contribution is 2.16. The summed E-state index contributed by atoms with van der Waals surface area (Å²) in [6, 6.07) is 7.95. The second-order valence-electron chi connectivity index (χ2n) is 7.17. The normalized spacial score (nSPS) is 18.1. The van der Waals surface area contributed by atoms with Crippen LogP contribution in [-0.2, 0) is 16.1 Å². The van der Waals surface area contributed by atoms with E-state index in [1.165, 1.54) is 12.0 Å². The van der Waals surface area contributed by atoms with Crippen molar-refractivity contribution < 1.29 is 9.59 Å². The fraction of sp³-hybridized carbons (Fsp3) is 0.619. The molecule has 138 valence electrons. The minimum absolute atomic E-state index is 0.0200. The van der Waals surface area contributed by atoms with E-state index >= 15 is 0 Å². The predicted molar refractivity (Wildman–Crippen MR) is 101 cm³/mol. The Labute approximate surface area is 152 Å². The lowest BCUT2D eigenvalue weighted by atomic mass is 10.1. The van der Waals surface area contributed by atoms with E-state index in [9.17, 15) is 9.59 Å². The number of carbonyl (C=O) groups excluding carboxylic acids is 2. The Bertz CT molecular complexity index is 554. The number of carbonyl (C=O) groups is 2. The molecular weight excluding hydrogens is 312 g/mol. The molecule has 1 aliphatic heterocycles. The monoisotopic (exact) mass is 344 g/mol. The van der Waals surface area contributed by atoms with Crippen molar-refractivity contribution in [3.05, 3.63) is 35.4 Å². The summed E-state index contributed by atoms with van der Waals surface area (Å²) in [5.41, 5.74) is 2.37. The smallest absolute Gasteiger partial charge is 0.245 e. The number of benzene rings is 1. The SMILES string of the molecule is CCCCCCC(=O)NC1CCCCN(Cc2ccc(C)cc2)C1=O. The highest BCUT2D eigenvalue weighted by atomic mass is 16.2. The van der Waals surface area contributed by atoms with Crippen LogP contribution in [0.1, 0.15) is 69.4 Å². The van der Waals surface area contributed by atoms with Crippen molar-refractivity contribution in [3.63, 3.8) is 0 Å². The van der Waals surface area contributed by atoms with Gasteiger partial charge < -0.3 is 10.2 Å². The summed E-state index contributed by atoms with van der Waals surface area (Å²) >= 11 is 0. The second kappa shape index (κ2) is 10.2. The molecule has 25 heavy (non-hydrogen) atoms. The molecule has 1 aromatic carbocycles. The van der Waals surface area contributed by atoms with E-state index in [0.717, 1.165) is 50.6 Å². The van der Waals surface area contributed by atoms with Gasteiger partial charge in [0.15, 0.2) is 0 Å². The van der Waals surface area contributed by atoms with E-state index in [1.807, 2.05) is 4.90 Å². The van der Waals surface area contributed by atoms with Crippen molar-refractivity contribution in [2.45, 2.75) is 77.8 Å². The quantitative estimate of drug-likeness (QED) is 0.726. The number of hydrogen-bond acceptors (Lipinski definition) is 2. The van der Waals surface area contributed by atoms with E-state index < -0.39 is 0 Å². The fourth-order valence-electron chi connectivity index (χ4n) is 3.29. The Morgan fingerprint density at radius 1 is 1.16 bits per heavy atom. The largest absolute Gasteiger partial charge is 0.344 e. The van der Waals surface area contributed by atoms with Crippen molar-refractivity contribution in [3.8, 4) is 0 Å². The Kier molecular flexibility index (Phi) is 7.96. The molecule has 2 rings (SSSR count). The molecule has 0 spiro atoms. The molecule has 0 aliphatic carbocycles. The van der Waals surface area contributed by atoms with Crippen LogP contribution < -0.4 is 5.32 Å². The summed E-state index contributed by atoms with van der Waals surface area (Å²) in [5, 5.41) is 2.98. The number of unbranched alkanes of at least 4 members (excludes halogenated alkanes) is 3. The zero-order valence-electron chi connectivity index (χ0n) is 15.7. The molecule has 2 amide bonds. The van der Waals surface area contributed by atoms with Gasteiger partial charge in [-0.05, 0) is 38.2 Å². The zero-order chi connectivity index (χ0) is 18.1. The highest BCUT2D eigenvalue weighted by Gasteiger charge is 2.28. The predicted octanol–water partition coefficient (Wildman–Crippen LogP) is 3.96. The molecule has 1 aliphatic rings. The third-order valence-electron chi connectivity index (χ3n) is 4.87. The van der Waals surface area contributed by atoms with E-state index in [2.05, 4.69) is 43.4 Å². The maximum Gasteiger partial charge on any atom is 0.245 e. The molecule has 1 N–H and O–H groups in total. The molecule has 0 radical (unpaired) electrons. The van der Waals surface area contributed by atoms with Gasteiger partial charge in [0.25, 0.3) is 0 Å². The Morgan fingerprint density at radius 2 is 1.92 bits per heavy atom. The zero-order valence-corrected chi connectivity index (χ0v) is 15.7. The highest BCUT2D eigenvalue weighted by molar-refractivity contribution is 5.87. The number of nitrogens with zero attached hydrogens (tertiary/aromatic N) is 1. The average molecular weight is 344 g/mol. The van der Waals surface area contributed by atoms with Gasteiger partial charge in [0, 0.05) is 19.5 Å². The standard InChI is InChI=1S/C21H32N2O2/c1-3-4-5-6-10-20(24)22-19-9-7-8-15-23(21(19)25)16-18-13-11-17(2)12-14-18/h11-14,19H,3-10,15-16H2,1-2H3,(H,22,24). The maximum absolute atomic E-state index is 12.8. The van der Waals surface area contributed by atoms with Gasteiger partial charge in [-0.1, -0.05) is 56.0 Å². The molecule has 1 aromatic rings. The number of likely N-dealkylation sites (tertiary alicyclic amines) is 1. The van der Waals surface area contributed by atoms with Crippen molar-refractivity contribution in [2.75, 3.05) is 6.54 Å². The summed E-state index contributed by atoms with van der Waals surface area (Å²) in [5.74, 6) is 0.0895. The molecule has 1 heterocycles. The molecule has 1 saturated heterocycles. The van der Waals surface area contributed by atoms with Gasteiger partial charge in [-0.25, -0.2) is 0 Å². The molecule has 1 fully saturated rings. The van der Waals surface area contributed by atoms with Crippen LogP contribution in [0.15, 0.2) is 24.3 Å². The van der Waals surface area contributed by atoms with E-state index in [0.29, 0.717) is 13.0 Å². The third kappa shape index (κ3) is 6.52. The topological polar surface area (TPSA) is 49.4 Å². The molecular formula is C21H32N2O2. The van der Waals surface area contributed by atoms with Crippen LogP contribution in [0.3, 0.4) is 0 Å². The number of rotatable bonds is 8. The first-order chi connectivity index (χ1) is 12.1. The number of hydrogen-bond donors (Lipinski definition) is 1. The van der Waals surface area contributed by atoms with Crippen LogP contribution in [0.5, 0.6) is 0 Å². The Hall–Kier alpha value is -1.84. The Morgan fingerprint density at radius 3 is 2.64 bits per heavy atom. The second-order valence-corrected chi connectivity index (χ2v) is 7.17. The van der Waals surface area contributed by atoms with Gasteiger partial charge in [0.1, 0.15) is 6.04 Å². The molecule has 4 heteroatoms. The molecule has 1 atom stereocenters. The van der Waals surface area contributed by atoms with Crippen LogP contribution in [0.2, 0.25) is 0 Å². The molecule has 0 bridgehead atoms. The van der Waals surface area contributed by atoms with E-state index in [-0.39, 0.29) is 17.9 Å². The molecule has 4 nitrogen and oxygen atoms in total. The summed E-state index contributed by atoms with van der Waals surface area (Å²) in [4.78, 5) is 26.9. The maximum atomic E-state index is 12.8. The van der Waals surface area contributed by atoms with Crippen molar-refractivity contribution >= 4 is 11.8 Å². The van der Waals surface area contributed by atoms with Crippen LogP contribution >= 0.6 is 0 Å². The van der Waals surface area contributed by atoms with Crippen molar-refractivity contribution in [1.29, 1.82) is 0 Å². The first-order valence-corrected chi connectivity index (χ1v) is 9.74. The van der Waals surface area contributed by atoms with Crippen molar-refractivity contribution in [1.82, 2.24) is 10.2 Å². The molecule has 0 aromatic heterocycles. The van der Waals surface area contributed by atoms with Gasteiger partial charge in [-0.2, -0.15) is 0 Å². The summed E-state index contributed by atoms with van der Waals surface area (Å²) in [6.45, 7) is 5.62.